The Morgan fingerprint density at radius 1 is 0.870 bits per heavy atom. The Kier molecular flexibility index (Phi) is 5.78. The molecule has 1 amide bonds. The van der Waals surface area contributed by atoms with Crippen molar-refractivity contribution < 1.29 is 4.79 Å². The summed E-state index contributed by atoms with van der Waals surface area (Å²) in [6, 6.07) is 0. The standard InChI is InChI=1S/C19H37N3O/c1-18(2,3)21-13-11-20(12-14-21)17(23)8-7-16-9-10-22(15-16)19(4,5)6/h16H,7-15H2,1-6H3/t16-/m0/s1. The second-order valence-corrected chi connectivity index (χ2v) is 9.35. The van der Waals surface area contributed by atoms with E-state index in [1.54, 1.807) is 0 Å². The highest BCUT2D eigenvalue weighted by Gasteiger charge is 2.31. The molecule has 0 saturated carbocycles. The van der Waals surface area contributed by atoms with Gasteiger partial charge < -0.3 is 4.90 Å². The van der Waals surface area contributed by atoms with Crippen LogP contribution in [0.15, 0.2) is 0 Å². The van der Waals surface area contributed by atoms with Crippen LogP contribution in [0.5, 0.6) is 0 Å². The molecular formula is C19H37N3O. The van der Waals surface area contributed by atoms with E-state index in [2.05, 4.69) is 56.2 Å². The molecule has 0 aromatic heterocycles. The number of piperazine rings is 1. The average Bonchev–Trinajstić information content (AvgIpc) is 2.93. The molecule has 134 valence electrons. The highest BCUT2D eigenvalue weighted by atomic mass is 16.2. The van der Waals surface area contributed by atoms with Gasteiger partial charge in [-0.25, -0.2) is 0 Å². The predicted octanol–water partition coefficient (Wildman–Crippen LogP) is 2.83. The first-order valence-electron chi connectivity index (χ1n) is 9.35. The normalized spacial score (nSPS) is 25.1. The third-order valence-corrected chi connectivity index (χ3v) is 5.58. The van der Waals surface area contributed by atoms with E-state index in [0.717, 1.165) is 45.6 Å². The fourth-order valence-corrected chi connectivity index (χ4v) is 3.79. The van der Waals surface area contributed by atoms with Crippen LogP contribution < -0.4 is 0 Å². The van der Waals surface area contributed by atoms with Gasteiger partial charge in [-0.05, 0) is 66.8 Å². The van der Waals surface area contributed by atoms with Gasteiger partial charge in [0.25, 0.3) is 0 Å². The molecule has 0 aromatic rings. The van der Waals surface area contributed by atoms with Crippen LogP contribution >= 0.6 is 0 Å². The first kappa shape index (κ1) is 18.7. The minimum Gasteiger partial charge on any atom is -0.340 e. The van der Waals surface area contributed by atoms with Gasteiger partial charge in [0.1, 0.15) is 0 Å². The molecule has 0 aliphatic carbocycles. The lowest BCUT2D eigenvalue weighted by Gasteiger charge is -2.42. The fraction of sp³-hybridized carbons (Fsp3) is 0.947. The van der Waals surface area contributed by atoms with Crippen molar-refractivity contribution in [3.63, 3.8) is 0 Å². The molecule has 1 atom stereocenters. The molecule has 4 heteroatoms. The van der Waals surface area contributed by atoms with Gasteiger partial charge in [-0.2, -0.15) is 0 Å². The molecule has 0 spiro atoms. The van der Waals surface area contributed by atoms with Crippen molar-refractivity contribution in [1.82, 2.24) is 14.7 Å². The average molecular weight is 324 g/mol. The molecule has 0 bridgehead atoms. The van der Waals surface area contributed by atoms with E-state index >= 15 is 0 Å². The number of hydrogen-bond donors (Lipinski definition) is 0. The third kappa shape index (κ3) is 5.18. The van der Waals surface area contributed by atoms with Crippen LogP contribution in [0.25, 0.3) is 0 Å². The first-order chi connectivity index (χ1) is 10.6. The number of carbonyl (C=O) groups excluding carboxylic acids is 1. The monoisotopic (exact) mass is 323 g/mol. The maximum Gasteiger partial charge on any atom is 0.222 e. The Hall–Kier alpha value is -0.610. The van der Waals surface area contributed by atoms with E-state index in [1.165, 1.54) is 13.0 Å². The second kappa shape index (κ2) is 7.10. The zero-order valence-corrected chi connectivity index (χ0v) is 16.2. The van der Waals surface area contributed by atoms with Gasteiger partial charge in [0.05, 0.1) is 0 Å². The van der Waals surface area contributed by atoms with Crippen LogP contribution in [0.3, 0.4) is 0 Å². The molecule has 0 radical (unpaired) electrons. The zero-order valence-electron chi connectivity index (χ0n) is 16.2. The number of hydrogen-bond acceptors (Lipinski definition) is 3. The van der Waals surface area contributed by atoms with Gasteiger partial charge in [0.15, 0.2) is 0 Å². The number of nitrogens with zero attached hydrogens (tertiary/aromatic N) is 3. The molecule has 0 unspecified atom stereocenters. The Balaban J connectivity index is 1.71. The van der Waals surface area contributed by atoms with Crippen LogP contribution in [-0.4, -0.2) is 71.0 Å². The van der Waals surface area contributed by atoms with Crippen molar-refractivity contribution in [1.29, 1.82) is 0 Å². The summed E-state index contributed by atoms with van der Waals surface area (Å²) >= 11 is 0. The van der Waals surface area contributed by atoms with E-state index < -0.39 is 0 Å². The zero-order chi connectivity index (χ0) is 17.3. The molecule has 0 N–H and O–H groups in total. The lowest BCUT2D eigenvalue weighted by atomic mass is 10.0. The summed E-state index contributed by atoms with van der Waals surface area (Å²) in [5.41, 5.74) is 0.484. The van der Waals surface area contributed by atoms with Gasteiger partial charge in [-0.15, -0.1) is 0 Å². The lowest BCUT2D eigenvalue weighted by Crippen LogP contribution is -2.54. The number of rotatable bonds is 3. The van der Waals surface area contributed by atoms with Gasteiger partial charge in [-0.3, -0.25) is 14.6 Å². The SMILES string of the molecule is CC(C)(C)N1CCN(C(=O)CC[C@H]2CCN(C(C)(C)C)C2)CC1. The second-order valence-electron chi connectivity index (χ2n) is 9.35. The van der Waals surface area contributed by atoms with E-state index in [-0.39, 0.29) is 11.1 Å². The van der Waals surface area contributed by atoms with Crippen molar-refractivity contribution in [2.24, 2.45) is 5.92 Å². The summed E-state index contributed by atoms with van der Waals surface area (Å²) in [6.45, 7) is 19.8. The van der Waals surface area contributed by atoms with Crippen molar-refractivity contribution in [2.75, 3.05) is 39.3 Å². The molecule has 2 aliphatic heterocycles. The van der Waals surface area contributed by atoms with E-state index in [4.69, 9.17) is 0 Å². The Morgan fingerprint density at radius 2 is 1.43 bits per heavy atom. The summed E-state index contributed by atoms with van der Waals surface area (Å²) in [5.74, 6) is 1.07. The van der Waals surface area contributed by atoms with Crippen molar-refractivity contribution in [3.05, 3.63) is 0 Å². The minimum absolute atomic E-state index is 0.218. The van der Waals surface area contributed by atoms with Gasteiger partial charge in [0, 0.05) is 50.2 Å². The minimum atomic E-state index is 0.218. The molecule has 23 heavy (non-hydrogen) atoms. The van der Waals surface area contributed by atoms with Gasteiger partial charge in [0.2, 0.25) is 5.91 Å². The summed E-state index contributed by atoms with van der Waals surface area (Å²) in [6.07, 6.45) is 3.05. The molecule has 2 aliphatic rings. The molecule has 2 heterocycles. The Bertz CT molecular complexity index is 400. The van der Waals surface area contributed by atoms with E-state index in [1.807, 2.05) is 0 Å². The first-order valence-corrected chi connectivity index (χ1v) is 9.35. The molecule has 4 nitrogen and oxygen atoms in total. The highest BCUT2D eigenvalue weighted by Crippen LogP contribution is 2.27. The quantitative estimate of drug-likeness (QED) is 0.799. The van der Waals surface area contributed by atoms with E-state index in [0.29, 0.717) is 11.8 Å². The summed E-state index contributed by atoms with van der Waals surface area (Å²) in [7, 11) is 0. The molecule has 2 saturated heterocycles. The summed E-state index contributed by atoms with van der Waals surface area (Å²) in [4.78, 5) is 19.6. The number of likely N-dealkylation sites (tertiary alicyclic amines) is 1. The Labute approximate surface area is 143 Å². The maximum absolute atomic E-state index is 12.5. The Morgan fingerprint density at radius 3 is 1.91 bits per heavy atom. The van der Waals surface area contributed by atoms with E-state index in [9.17, 15) is 4.79 Å². The topological polar surface area (TPSA) is 26.8 Å². The third-order valence-electron chi connectivity index (χ3n) is 5.58. The number of amides is 1. The maximum atomic E-state index is 12.5. The molecular weight excluding hydrogens is 286 g/mol. The fourth-order valence-electron chi connectivity index (χ4n) is 3.79. The summed E-state index contributed by atoms with van der Waals surface area (Å²) in [5, 5.41) is 0. The smallest absolute Gasteiger partial charge is 0.222 e. The molecule has 2 rings (SSSR count). The summed E-state index contributed by atoms with van der Waals surface area (Å²) < 4.78 is 0. The highest BCUT2D eigenvalue weighted by molar-refractivity contribution is 5.76. The van der Waals surface area contributed by atoms with Crippen LogP contribution in [0.2, 0.25) is 0 Å². The molecule has 0 aromatic carbocycles. The van der Waals surface area contributed by atoms with Crippen molar-refractivity contribution in [2.45, 2.75) is 71.9 Å². The largest absolute Gasteiger partial charge is 0.340 e. The van der Waals surface area contributed by atoms with Crippen molar-refractivity contribution >= 4 is 5.91 Å². The van der Waals surface area contributed by atoms with Crippen molar-refractivity contribution in [3.8, 4) is 0 Å². The van der Waals surface area contributed by atoms with Crippen LogP contribution in [-0.2, 0) is 4.79 Å². The molecule has 2 fully saturated rings. The van der Waals surface area contributed by atoms with Gasteiger partial charge in [-0.1, -0.05) is 0 Å². The van der Waals surface area contributed by atoms with Crippen LogP contribution in [0, 0.1) is 5.92 Å². The number of carbonyl (C=O) groups is 1. The van der Waals surface area contributed by atoms with Gasteiger partial charge >= 0.3 is 0 Å². The van der Waals surface area contributed by atoms with Crippen LogP contribution in [0.1, 0.15) is 60.8 Å². The predicted molar refractivity (Wildman–Crippen MR) is 96.6 cm³/mol. The van der Waals surface area contributed by atoms with Crippen LogP contribution in [0.4, 0.5) is 0 Å². The lowest BCUT2D eigenvalue weighted by molar-refractivity contribution is -0.134.